The monoisotopic (exact) mass is 258 g/mol. The summed E-state index contributed by atoms with van der Waals surface area (Å²) in [5, 5.41) is 9.47. The summed E-state index contributed by atoms with van der Waals surface area (Å²) in [4.78, 5) is 0. The molecule has 0 bridgehead atoms. The van der Waals surface area contributed by atoms with Crippen LogP contribution in [0.2, 0.25) is 0 Å². The van der Waals surface area contributed by atoms with Crippen LogP contribution in [0.4, 0.5) is 0 Å². The van der Waals surface area contributed by atoms with Crippen molar-refractivity contribution >= 4 is 15.9 Å². The highest BCUT2D eigenvalue weighted by molar-refractivity contribution is 9.10. The van der Waals surface area contributed by atoms with E-state index in [0.717, 1.165) is 10.2 Å². The fourth-order valence-electron chi connectivity index (χ4n) is 0.923. The SMILES string of the molecule is Cc1ccc(OCC(C)(C)O)cc1Br. The number of hydrogen-bond acceptors (Lipinski definition) is 2. The minimum absolute atomic E-state index is 0.294. The van der Waals surface area contributed by atoms with Gasteiger partial charge >= 0.3 is 0 Å². The molecule has 0 aromatic heterocycles. The van der Waals surface area contributed by atoms with Crippen molar-refractivity contribution in [3.8, 4) is 5.75 Å². The third kappa shape index (κ3) is 3.68. The summed E-state index contributed by atoms with van der Waals surface area (Å²) in [6, 6.07) is 5.77. The van der Waals surface area contributed by atoms with Crippen molar-refractivity contribution in [1.82, 2.24) is 0 Å². The molecule has 2 nitrogen and oxygen atoms in total. The highest BCUT2D eigenvalue weighted by Gasteiger charge is 2.13. The average molecular weight is 259 g/mol. The van der Waals surface area contributed by atoms with E-state index in [1.807, 2.05) is 25.1 Å². The maximum Gasteiger partial charge on any atom is 0.120 e. The molecule has 0 aliphatic rings. The van der Waals surface area contributed by atoms with Crippen LogP contribution >= 0.6 is 15.9 Å². The van der Waals surface area contributed by atoms with Crippen molar-refractivity contribution < 1.29 is 9.84 Å². The van der Waals surface area contributed by atoms with Crippen LogP contribution in [0.1, 0.15) is 19.4 Å². The summed E-state index contributed by atoms with van der Waals surface area (Å²) in [6.07, 6.45) is 0. The van der Waals surface area contributed by atoms with E-state index >= 15 is 0 Å². The Balaban J connectivity index is 2.65. The molecule has 0 unspecified atom stereocenters. The Morgan fingerprint density at radius 1 is 1.43 bits per heavy atom. The summed E-state index contributed by atoms with van der Waals surface area (Å²) in [5.41, 5.74) is 0.373. The van der Waals surface area contributed by atoms with Crippen LogP contribution < -0.4 is 4.74 Å². The fraction of sp³-hybridized carbons (Fsp3) is 0.455. The molecule has 0 aliphatic heterocycles. The van der Waals surface area contributed by atoms with Crippen molar-refractivity contribution in [2.45, 2.75) is 26.4 Å². The van der Waals surface area contributed by atoms with Crippen LogP contribution in [0.5, 0.6) is 5.75 Å². The van der Waals surface area contributed by atoms with Gasteiger partial charge in [0.15, 0.2) is 0 Å². The number of ether oxygens (including phenoxy) is 1. The Morgan fingerprint density at radius 3 is 2.57 bits per heavy atom. The molecule has 1 aromatic carbocycles. The topological polar surface area (TPSA) is 29.5 Å². The molecule has 0 fully saturated rings. The summed E-state index contributed by atoms with van der Waals surface area (Å²) < 4.78 is 6.45. The summed E-state index contributed by atoms with van der Waals surface area (Å²) in [5.74, 6) is 0.768. The first kappa shape index (κ1) is 11.5. The minimum Gasteiger partial charge on any atom is -0.491 e. The minimum atomic E-state index is -0.794. The Morgan fingerprint density at radius 2 is 2.07 bits per heavy atom. The molecule has 1 aromatic rings. The van der Waals surface area contributed by atoms with Gasteiger partial charge in [0.25, 0.3) is 0 Å². The number of rotatable bonds is 3. The zero-order chi connectivity index (χ0) is 10.8. The van der Waals surface area contributed by atoms with E-state index in [1.54, 1.807) is 13.8 Å². The predicted octanol–water partition coefficient (Wildman–Crippen LogP) is 2.91. The molecule has 1 N–H and O–H groups in total. The lowest BCUT2D eigenvalue weighted by Gasteiger charge is -2.18. The lowest BCUT2D eigenvalue weighted by Crippen LogP contribution is -2.27. The maximum atomic E-state index is 9.47. The maximum absolute atomic E-state index is 9.47. The first-order chi connectivity index (χ1) is 6.38. The van der Waals surface area contributed by atoms with Gasteiger partial charge < -0.3 is 9.84 Å². The molecule has 3 heteroatoms. The summed E-state index contributed by atoms with van der Waals surface area (Å²) in [7, 11) is 0. The van der Waals surface area contributed by atoms with Gasteiger partial charge in [0.2, 0.25) is 0 Å². The number of hydrogen-bond donors (Lipinski definition) is 1. The molecule has 0 saturated heterocycles. The molecular weight excluding hydrogens is 244 g/mol. The number of aryl methyl sites for hydroxylation is 1. The van der Waals surface area contributed by atoms with Gasteiger partial charge in [-0.15, -0.1) is 0 Å². The molecule has 0 heterocycles. The van der Waals surface area contributed by atoms with Crippen molar-refractivity contribution in [2.75, 3.05) is 6.61 Å². The fourth-order valence-corrected chi connectivity index (χ4v) is 1.28. The molecular formula is C11H15BrO2. The van der Waals surface area contributed by atoms with E-state index in [1.165, 1.54) is 5.56 Å². The Labute approximate surface area is 93.0 Å². The molecule has 14 heavy (non-hydrogen) atoms. The summed E-state index contributed by atoms with van der Waals surface area (Å²) in [6.45, 7) is 5.75. The second kappa shape index (κ2) is 4.32. The van der Waals surface area contributed by atoms with Crippen LogP contribution in [0.3, 0.4) is 0 Å². The van der Waals surface area contributed by atoms with Gasteiger partial charge in [0.05, 0.1) is 5.60 Å². The van der Waals surface area contributed by atoms with Crippen LogP contribution in [0, 0.1) is 6.92 Å². The Hall–Kier alpha value is -0.540. The molecule has 0 spiro atoms. The van der Waals surface area contributed by atoms with Gasteiger partial charge in [-0.25, -0.2) is 0 Å². The van der Waals surface area contributed by atoms with Crippen LogP contribution in [-0.4, -0.2) is 17.3 Å². The largest absolute Gasteiger partial charge is 0.491 e. The Bertz CT molecular complexity index is 316. The van der Waals surface area contributed by atoms with Crippen LogP contribution in [0.25, 0.3) is 0 Å². The van der Waals surface area contributed by atoms with Crippen molar-refractivity contribution in [3.63, 3.8) is 0 Å². The second-order valence-corrected chi connectivity index (χ2v) is 4.87. The van der Waals surface area contributed by atoms with E-state index in [0.29, 0.717) is 6.61 Å². The second-order valence-electron chi connectivity index (χ2n) is 4.01. The third-order valence-corrected chi connectivity index (χ3v) is 2.59. The average Bonchev–Trinajstić information content (AvgIpc) is 2.06. The van der Waals surface area contributed by atoms with E-state index in [9.17, 15) is 5.11 Å². The smallest absolute Gasteiger partial charge is 0.120 e. The van der Waals surface area contributed by atoms with Gasteiger partial charge in [0.1, 0.15) is 12.4 Å². The van der Waals surface area contributed by atoms with E-state index in [4.69, 9.17) is 4.74 Å². The van der Waals surface area contributed by atoms with Gasteiger partial charge in [-0.2, -0.15) is 0 Å². The Kier molecular flexibility index (Phi) is 3.56. The van der Waals surface area contributed by atoms with Gasteiger partial charge in [-0.3, -0.25) is 0 Å². The normalized spacial score (nSPS) is 11.5. The predicted molar refractivity (Wildman–Crippen MR) is 60.7 cm³/mol. The number of aliphatic hydroxyl groups is 1. The molecule has 0 atom stereocenters. The third-order valence-electron chi connectivity index (χ3n) is 1.74. The molecule has 0 saturated carbocycles. The molecule has 1 rings (SSSR count). The van der Waals surface area contributed by atoms with Gasteiger partial charge in [-0.05, 0) is 38.5 Å². The highest BCUT2D eigenvalue weighted by Crippen LogP contribution is 2.22. The first-order valence-corrected chi connectivity index (χ1v) is 5.29. The van der Waals surface area contributed by atoms with Crippen LogP contribution in [-0.2, 0) is 0 Å². The number of benzene rings is 1. The van der Waals surface area contributed by atoms with Crippen molar-refractivity contribution in [2.24, 2.45) is 0 Å². The molecule has 0 aliphatic carbocycles. The van der Waals surface area contributed by atoms with Crippen LogP contribution in [0.15, 0.2) is 22.7 Å². The van der Waals surface area contributed by atoms with E-state index < -0.39 is 5.60 Å². The first-order valence-electron chi connectivity index (χ1n) is 4.50. The molecule has 0 radical (unpaired) electrons. The van der Waals surface area contributed by atoms with Crippen molar-refractivity contribution in [1.29, 1.82) is 0 Å². The lowest BCUT2D eigenvalue weighted by atomic mass is 10.2. The zero-order valence-corrected chi connectivity index (χ0v) is 10.3. The lowest BCUT2D eigenvalue weighted by molar-refractivity contribution is 0.0284. The highest BCUT2D eigenvalue weighted by atomic mass is 79.9. The quantitative estimate of drug-likeness (QED) is 0.904. The van der Waals surface area contributed by atoms with Gasteiger partial charge in [0, 0.05) is 4.47 Å². The molecule has 0 amide bonds. The van der Waals surface area contributed by atoms with E-state index in [-0.39, 0.29) is 0 Å². The van der Waals surface area contributed by atoms with Crippen molar-refractivity contribution in [3.05, 3.63) is 28.2 Å². The van der Waals surface area contributed by atoms with Gasteiger partial charge in [-0.1, -0.05) is 22.0 Å². The molecule has 78 valence electrons. The zero-order valence-electron chi connectivity index (χ0n) is 8.67. The number of halogens is 1. The van der Waals surface area contributed by atoms with E-state index in [2.05, 4.69) is 15.9 Å². The standard InChI is InChI=1S/C11H15BrO2/c1-8-4-5-9(6-10(8)12)14-7-11(2,3)13/h4-6,13H,7H2,1-3H3. The summed E-state index contributed by atoms with van der Waals surface area (Å²) >= 11 is 3.42.